The Kier molecular flexibility index (Phi) is 5.31. The number of nitrogens with zero attached hydrogens (tertiary/aromatic N) is 3. The summed E-state index contributed by atoms with van der Waals surface area (Å²) >= 11 is 0. The number of benzene rings is 1. The molecule has 1 aromatic carbocycles. The van der Waals surface area contributed by atoms with Crippen LogP contribution in [0, 0.1) is 20.8 Å². The van der Waals surface area contributed by atoms with Crippen molar-refractivity contribution >= 4 is 11.6 Å². The first-order chi connectivity index (χ1) is 12.5. The molecular weight excluding hydrogens is 326 g/mol. The fraction of sp³-hybridized carbons (Fsp3) is 0.250. The topological polar surface area (TPSA) is 71.8 Å². The van der Waals surface area contributed by atoms with Crippen molar-refractivity contribution in [2.45, 2.75) is 20.8 Å². The van der Waals surface area contributed by atoms with Crippen LogP contribution >= 0.6 is 0 Å². The van der Waals surface area contributed by atoms with E-state index in [4.69, 9.17) is 0 Å². The predicted octanol–water partition coefficient (Wildman–Crippen LogP) is 3.03. The van der Waals surface area contributed by atoms with Gasteiger partial charge in [0.15, 0.2) is 0 Å². The van der Waals surface area contributed by atoms with E-state index in [1.807, 2.05) is 68.0 Å². The first kappa shape index (κ1) is 17.7. The number of hydrogen-bond donors (Lipinski definition) is 2. The molecule has 26 heavy (non-hydrogen) atoms. The Bertz CT molecular complexity index is 899. The smallest absolute Gasteiger partial charge is 0.251 e. The number of carbonyl (C=O) groups is 1. The molecule has 0 aliphatic heterocycles. The van der Waals surface area contributed by atoms with Crippen molar-refractivity contribution < 1.29 is 4.79 Å². The van der Waals surface area contributed by atoms with E-state index in [0.717, 1.165) is 28.3 Å². The lowest BCUT2D eigenvalue weighted by atomic mass is 10.2. The van der Waals surface area contributed by atoms with E-state index in [1.54, 1.807) is 6.20 Å². The highest BCUT2D eigenvalue weighted by molar-refractivity contribution is 5.94. The number of aryl methyl sites for hydroxylation is 3. The quantitative estimate of drug-likeness (QED) is 0.671. The lowest BCUT2D eigenvalue weighted by Gasteiger charge is -2.10. The number of rotatable bonds is 6. The van der Waals surface area contributed by atoms with Gasteiger partial charge in [-0.25, -0.2) is 4.68 Å². The molecule has 3 rings (SSSR count). The molecule has 2 aromatic heterocycles. The molecule has 0 bridgehead atoms. The van der Waals surface area contributed by atoms with E-state index in [-0.39, 0.29) is 5.91 Å². The van der Waals surface area contributed by atoms with E-state index < -0.39 is 0 Å². The van der Waals surface area contributed by atoms with Gasteiger partial charge < -0.3 is 10.6 Å². The molecule has 0 unspecified atom stereocenters. The number of carbonyl (C=O) groups excluding carboxylic acids is 1. The molecule has 0 aliphatic rings. The number of pyridine rings is 1. The highest BCUT2D eigenvalue weighted by atomic mass is 16.1. The van der Waals surface area contributed by atoms with Gasteiger partial charge in [0.1, 0.15) is 0 Å². The minimum absolute atomic E-state index is 0.0850. The third kappa shape index (κ3) is 4.08. The Morgan fingerprint density at radius 2 is 1.85 bits per heavy atom. The second kappa shape index (κ2) is 7.82. The zero-order valence-corrected chi connectivity index (χ0v) is 15.3. The van der Waals surface area contributed by atoms with Crippen LogP contribution in [0.3, 0.4) is 0 Å². The van der Waals surface area contributed by atoms with Crippen LogP contribution in [0.2, 0.25) is 0 Å². The molecular formula is C20H23N5O. The number of hydrogen-bond acceptors (Lipinski definition) is 4. The maximum Gasteiger partial charge on any atom is 0.251 e. The molecule has 2 N–H and O–H groups in total. The molecule has 0 radical (unpaired) electrons. The number of anilines is 1. The minimum atomic E-state index is -0.0850. The molecule has 0 spiro atoms. The molecule has 1 amide bonds. The third-order valence-electron chi connectivity index (χ3n) is 4.13. The highest BCUT2D eigenvalue weighted by Crippen LogP contribution is 2.13. The Hall–Kier alpha value is -3.15. The monoisotopic (exact) mass is 349 g/mol. The van der Waals surface area contributed by atoms with Crippen LogP contribution in [0.15, 0.2) is 48.8 Å². The summed E-state index contributed by atoms with van der Waals surface area (Å²) in [6.45, 7) is 7.17. The molecule has 0 saturated heterocycles. The summed E-state index contributed by atoms with van der Waals surface area (Å²) in [7, 11) is 0. The van der Waals surface area contributed by atoms with E-state index in [0.29, 0.717) is 18.7 Å². The average molecular weight is 349 g/mol. The predicted molar refractivity (Wildman–Crippen MR) is 103 cm³/mol. The van der Waals surface area contributed by atoms with Crippen molar-refractivity contribution in [3.63, 3.8) is 0 Å². The van der Waals surface area contributed by atoms with Gasteiger partial charge in [0, 0.05) is 42.4 Å². The Morgan fingerprint density at radius 1 is 1.08 bits per heavy atom. The summed E-state index contributed by atoms with van der Waals surface area (Å²) < 4.78 is 1.87. The van der Waals surface area contributed by atoms with Gasteiger partial charge in [0.25, 0.3) is 5.91 Å². The first-order valence-corrected chi connectivity index (χ1v) is 8.61. The average Bonchev–Trinajstić information content (AvgIpc) is 2.98. The number of nitrogens with one attached hydrogen (secondary N) is 2. The summed E-state index contributed by atoms with van der Waals surface area (Å²) in [5.41, 5.74) is 5.73. The second-order valence-corrected chi connectivity index (χ2v) is 6.26. The maximum atomic E-state index is 12.3. The lowest BCUT2D eigenvalue weighted by Crippen LogP contribution is -2.28. The van der Waals surface area contributed by atoms with Crippen molar-refractivity contribution in [3.8, 4) is 5.69 Å². The van der Waals surface area contributed by atoms with Crippen molar-refractivity contribution in [1.82, 2.24) is 20.1 Å². The molecule has 0 aliphatic carbocycles. The van der Waals surface area contributed by atoms with E-state index in [1.165, 1.54) is 0 Å². The zero-order chi connectivity index (χ0) is 18.5. The van der Waals surface area contributed by atoms with Gasteiger partial charge in [-0.1, -0.05) is 0 Å². The third-order valence-corrected chi connectivity index (χ3v) is 4.13. The van der Waals surface area contributed by atoms with Gasteiger partial charge in [0.05, 0.1) is 11.4 Å². The molecule has 2 heterocycles. The first-order valence-electron chi connectivity index (χ1n) is 8.61. The molecule has 134 valence electrons. The molecule has 3 aromatic rings. The minimum Gasteiger partial charge on any atom is -0.383 e. The van der Waals surface area contributed by atoms with Gasteiger partial charge >= 0.3 is 0 Å². The Labute approximate surface area is 153 Å². The van der Waals surface area contributed by atoms with Gasteiger partial charge in [-0.05, 0) is 62.7 Å². The van der Waals surface area contributed by atoms with Crippen LogP contribution in [-0.2, 0) is 0 Å². The fourth-order valence-corrected chi connectivity index (χ4v) is 2.79. The van der Waals surface area contributed by atoms with Crippen LogP contribution in [0.25, 0.3) is 5.69 Å². The highest BCUT2D eigenvalue weighted by Gasteiger charge is 2.07. The summed E-state index contributed by atoms with van der Waals surface area (Å²) in [6, 6.07) is 11.4. The van der Waals surface area contributed by atoms with Gasteiger partial charge in [-0.15, -0.1) is 0 Å². The fourth-order valence-electron chi connectivity index (χ4n) is 2.79. The standard InChI is InChI=1S/C20H23N5O/c1-14-13-21-9-8-19(14)22-10-11-23-20(26)17-4-6-18(7-5-17)25-16(3)12-15(2)24-25/h4-9,12-13H,10-11H2,1-3H3,(H,21,22)(H,23,26). The SMILES string of the molecule is Cc1cc(C)n(-c2ccc(C(=O)NCCNc3ccncc3C)cc2)n1. The van der Waals surface area contributed by atoms with Crippen molar-refractivity contribution in [3.05, 3.63) is 71.3 Å². The van der Waals surface area contributed by atoms with Crippen LogP contribution < -0.4 is 10.6 Å². The maximum absolute atomic E-state index is 12.3. The van der Waals surface area contributed by atoms with Gasteiger partial charge in [-0.2, -0.15) is 5.10 Å². The van der Waals surface area contributed by atoms with Crippen molar-refractivity contribution in [1.29, 1.82) is 0 Å². The summed E-state index contributed by atoms with van der Waals surface area (Å²) in [4.78, 5) is 16.3. The summed E-state index contributed by atoms with van der Waals surface area (Å²) in [5, 5.41) is 10.7. The van der Waals surface area contributed by atoms with E-state index >= 15 is 0 Å². The van der Waals surface area contributed by atoms with Crippen LogP contribution in [-0.4, -0.2) is 33.8 Å². The largest absolute Gasteiger partial charge is 0.383 e. The molecule has 6 nitrogen and oxygen atoms in total. The number of amides is 1. The van der Waals surface area contributed by atoms with Crippen molar-refractivity contribution in [2.24, 2.45) is 0 Å². The molecule has 0 saturated carbocycles. The molecule has 0 fully saturated rings. The molecule has 0 atom stereocenters. The molecule has 6 heteroatoms. The Morgan fingerprint density at radius 3 is 2.50 bits per heavy atom. The summed E-state index contributed by atoms with van der Waals surface area (Å²) in [6.07, 6.45) is 3.56. The number of aromatic nitrogens is 3. The lowest BCUT2D eigenvalue weighted by molar-refractivity contribution is 0.0955. The van der Waals surface area contributed by atoms with Crippen LogP contribution in [0.1, 0.15) is 27.3 Å². The Balaban J connectivity index is 1.53. The van der Waals surface area contributed by atoms with E-state index in [2.05, 4.69) is 20.7 Å². The van der Waals surface area contributed by atoms with Gasteiger partial charge in [-0.3, -0.25) is 9.78 Å². The van der Waals surface area contributed by atoms with Gasteiger partial charge in [0.2, 0.25) is 0 Å². The normalized spacial score (nSPS) is 10.6. The van der Waals surface area contributed by atoms with E-state index in [9.17, 15) is 4.79 Å². The van der Waals surface area contributed by atoms with Crippen molar-refractivity contribution in [2.75, 3.05) is 18.4 Å². The summed E-state index contributed by atoms with van der Waals surface area (Å²) in [5.74, 6) is -0.0850. The van der Waals surface area contributed by atoms with Crippen LogP contribution in [0.4, 0.5) is 5.69 Å². The second-order valence-electron chi connectivity index (χ2n) is 6.26. The zero-order valence-electron chi connectivity index (χ0n) is 15.3. The van der Waals surface area contributed by atoms with Crippen LogP contribution in [0.5, 0.6) is 0 Å².